The molecule has 8 heteroatoms. The normalized spacial score (nSPS) is 23.9. The van der Waals surface area contributed by atoms with Crippen molar-refractivity contribution in [3.63, 3.8) is 0 Å². The smallest absolute Gasteiger partial charge is 0.255 e. The zero-order valence-corrected chi connectivity index (χ0v) is 14.6. The van der Waals surface area contributed by atoms with Crippen LogP contribution in [0.15, 0.2) is 18.2 Å². The van der Waals surface area contributed by atoms with Crippen molar-refractivity contribution >= 4 is 17.7 Å². The molecule has 8 nitrogen and oxygen atoms in total. The summed E-state index contributed by atoms with van der Waals surface area (Å²) in [5.74, 6) is -0.758. The number of piperazine rings is 1. The van der Waals surface area contributed by atoms with E-state index in [1.807, 2.05) is 18.2 Å². The minimum absolute atomic E-state index is 0.118. The fourth-order valence-corrected chi connectivity index (χ4v) is 3.86. The average molecular weight is 357 g/mol. The molecule has 4 rings (SSSR count). The number of hydrogen-bond acceptors (Lipinski definition) is 6. The number of amides is 3. The van der Waals surface area contributed by atoms with E-state index in [-0.39, 0.29) is 24.1 Å². The van der Waals surface area contributed by atoms with Gasteiger partial charge in [0.15, 0.2) is 0 Å². The topological polar surface area (TPSA) is 93.8 Å². The van der Waals surface area contributed by atoms with Gasteiger partial charge in [0.25, 0.3) is 5.91 Å². The molecule has 0 aliphatic carbocycles. The number of carbonyl (C=O) groups is 3. The summed E-state index contributed by atoms with van der Waals surface area (Å²) in [6, 6.07) is 5.28. The number of fused-ring (bicyclic) bond motifs is 1. The number of hydrazine groups is 1. The molecule has 3 heterocycles. The van der Waals surface area contributed by atoms with Gasteiger partial charge >= 0.3 is 0 Å². The van der Waals surface area contributed by atoms with Crippen LogP contribution in [0.1, 0.15) is 34.3 Å². The van der Waals surface area contributed by atoms with E-state index in [0.717, 1.165) is 37.3 Å². The Morgan fingerprint density at radius 3 is 2.73 bits per heavy atom. The number of carbonyl (C=O) groups excluding carboxylic acids is 3. The third kappa shape index (κ3) is 3.23. The van der Waals surface area contributed by atoms with Crippen LogP contribution in [-0.4, -0.2) is 59.9 Å². The van der Waals surface area contributed by atoms with Crippen molar-refractivity contribution in [1.29, 1.82) is 0 Å². The molecule has 3 N–H and O–H groups in total. The van der Waals surface area contributed by atoms with E-state index in [1.54, 1.807) is 4.90 Å². The van der Waals surface area contributed by atoms with Crippen molar-refractivity contribution in [1.82, 2.24) is 26.0 Å². The summed E-state index contributed by atoms with van der Waals surface area (Å²) in [6.45, 7) is 4.74. The van der Waals surface area contributed by atoms with E-state index in [4.69, 9.17) is 0 Å². The van der Waals surface area contributed by atoms with Crippen LogP contribution in [0, 0.1) is 0 Å². The van der Waals surface area contributed by atoms with Crippen LogP contribution in [0.5, 0.6) is 0 Å². The first-order chi connectivity index (χ1) is 12.6. The van der Waals surface area contributed by atoms with Gasteiger partial charge in [0.1, 0.15) is 6.04 Å². The molecule has 1 unspecified atom stereocenters. The summed E-state index contributed by atoms with van der Waals surface area (Å²) < 4.78 is 0. The van der Waals surface area contributed by atoms with E-state index in [9.17, 15) is 14.4 Å². The van der Waals surface area contributed by atoms with E-state index >= 15 is 0 Å². The summed E-state index contributed by atoms with van der Waals surface area (Å²) in [7, 11) is 0. The predicted octanol–water partition coefficient (Wildman–Crippen LogP) is -0.643. The van der Waals surface area contributed by atoms with Crippen LogP contribution < -0.4 is 16.1 Å². The highest BCUT2D eigenvalue weighted by atomic mass is 16.2. The number of rotatable bonds is 4. The van der Waals surface area contributed by atoms with Crippen molar-refractivity contribution in [2.75, 3.05) is 26.2 Å². The van der Waals surface area contributed by atoms with Crippen LogP contribution >= 0.6 is 0 Å². The van der Waals surface area contributed by atoms with Gasteiger partial charge in [0.2, 0.25) is 11.8 Å². The largest absolute Gasteiger partial charge is 0.322 e. The van der Waals surface area contributed by atoms with Gasteiger partial charge in [-0.15, -0.1) is 0 Å². The average Bonchev–Trinajstić information content (AvgIpc) is 2.98. The molecule has 0 spiro atoms. The Morgan fingerprint density at radius 2 is 1.96 bits per heavy atom. The van der Waals surface area contributed by atoms with Gasteiger partial charge < -0.3 is 10.2 Å². The predicted molar refractivity (Wildman–Crippen MR) is 93.8 cm³/mol. The van der Waals surface area contributed by atoms with E-state index in [1.165, 1.54) is 0 Å². The molecule has 1 aromatic rings. The minimum Gasteiger partial charge on any atom is -0.322 e. The monoisotopic (exact) mass is 357 g/mol. The molecule has 0 radical (unpaired) electrons. The Hall–Kier alpha value is -2.29. The molecule has 1 atom stereocenters. The quantitative estimate of drug-likeness (QED) is 0.621. The zero-order valence-electron chi connectivity index (χ0n) is 14.6. The Labute approximate surface area is 151 Å². The lowest BCUT2D eigenvalue weighted by molar-refractivity contribution is -0.136. The standard InChI is InChI=1S/C18H23N5O3/c24-15-5-4-14(17(25)21-15)23-11-13-3-1-2-12(16(13)18(23)26)10-20-22-8-6-19-7-9-22/h1-3,14,19-20H,4-11H2,(H,21,24,25). The van der Waals surface area contributed by atoms with Crippen molar-refractivity contribution in [3.8, 4) is 0 Å². The van der Waals surface area contributed by atoms with E-state index in [0.29, 0.717) is 25.1 Å². The third-order valence-corrected chi connectivity index (χ3v) is 5.25. The van der Waals surface area contributed by atoms with Crippen LogP contribution in [0.25, 0.3) is 0 Å². The van der Waals surface area contributed by atoms with Gasteiger partial charge in [-0.25, -0.2) is 5.01 Å². The molecule has 2 saturated heterocycles. The lowest BCUT2D eigenvalue weighted by Crippen LogP contribution is -2.52. The molecular formula is C18H23N5O3. The Balaban J connectivity index is 1.49. The van der Waals surface area contributed by atoms with Gasteiger partial charge in [-0.3, -0.25) is 25.1 Å². The number of hydrogen-bond donors (Lipinski definition) is 3. The Bertz CT molecular complexity index is 744. The number of nitrogens with one attached hydrogen (secondary N) is 3. The second-order valence-electron chi connectivity index (χ2n) is 6.92. The molecule has 0 aromatic heterocycles. The maximum atomic E-state index is 13.0. The fourth-order valence-electron chi connectivity index (χ4n) is 3.86. The maximum Gasteiger partial charge on any atom is 0.255 e. The Morgan fingerprint density at radius 1 is 1.15 bits per heavy atom. The van der Waals surface area contributed by atoms with Crippen molar-refractivity contribution in [2.24, 2.45) is 0 Å². The van der Waals surface area contributed by atoms with Crippen LogP contribution in [-0.2, 0) is 22.7 Å². The first kappa shape index (κ1) is 17.1. The lowest BCUT2D eigenvalue weighted by Gasteiger charge is -2.29. The van der Waals surface area contributed by atoms with Crippen molar-refractivity contribution in [3.05, 3.63) is 34.9 Å². The highest BCUT2D eigenvalue weighted by Crippen LogP contribution is 2.29. The molecule has 0 bridgehead atoms. The fraction of sp³-hybridized carbons (Fsp3) is 0.500. The third-order valence-electron chi connectivity index (χ3n) is 5.25. The van der Waals surface area contributed by atoms with Crippen molar-refractivity contribution < 1.29 is 14.4 Å². The number of nitrogens with zero attached hydrogens (tertiary/aromatic N) is 2. The molecule has 2 fully saturated rings. The minimum atomic E-state index is -0.568. The summed E-state index contributed by atoms with van der Waals surface area (Å²) in [5.41, 5.74) is 5.98. The molecule has 3 amide bonds. The molecule has 1 aromatic carbocycles. The van der Waals surface area contributed by atoms with Gasteiger partial charge in [0, 0.05) is 51.3 Å². The summed E-state index contributed by atoms with van der Waals surface area (Å²) in [6.07, 6.45) is 0.659. The zero-order chi connectivity index (χ0) is 18.1. The summed E-state index contributed by atoms with van der Waals surface area (Å²) in [4.78, 5) is 38.1. The number of benzene rings is 1. The SMILES string of the molecule is O=C1CCC(N2Cc3cccc(CNN4CCNCC4)c3C2=O)C(=O)N1. The highest BCUT2D eigenvalue weighted by molar-refractivity contribution is 6.05. The number of piperidine rings is 1. The van der Waals surface area contributed by atoms with Gasteiger partial charge in [-0.2, -0.15) is 0 Å². The first-order valence-electron chi connectivity index (χ1n) is 9.08. The molecule has 138 valence electrons. The Kier molecular flexibility index (Phi) is 4.71. The summed E-state index contributed by atoms with van der Waals surface area (Å²) >= 11 is 0. The van der Waals surface area contributed by atoms with E-state index < -0.39 is 6.04 Å². The lowest BCUT2D eigenvalue weighted by atomic mass is 10.0. The molecule has 0 saturated carbocycles. The first-order valence-corrected chi connectivity index (χ1v) is 9.08. The summed E-state index contributed by atoms with van der Waals surface area (Å²) in [5, 5.41) is 7.81. The highest BCUT2D eigenvalue weighted by Gasteiger charge is 2.39. The van der Waals surface area contributed by atoms with Crippen LogP contribution in [0.2, 0.25) is 0 Å². The molecule has 3 aliphatic rings. The maximum absolute atomic E-state index is 13.0. The van der Waals surface area contributed by atoms with Crippen LogP contribution in [0.3, 0.4) is 0 Å². The van der Waals surface area contributed by atoms with Crippen molar-refractivity contribution in [2.45, 2.75) is 32.0 Å². The van der Waals surface area contributed by atoms with E-state index in [2.05, 4.69) is 21.1 Å². The van der Waals surface area contributed by atoms with Gasteiger partial charge in [-0.1, -0.05) is 18.2 Å². The van der Waals surface area contributed by atoms with Crippen LogP contribution in [0.4, 0.5) is 0 Å². The number of imide groups is 1. The second kappa shape index (κ2) is 7.14. The molecular weight excluding hydrogens is 334 g/mol. The van der Waals surface area contributed by atoms with Gasteiger partial charge in [-0.05, 0) is 17.5 Å². The second-order valence-corrected chi connectivity index (χ2v) is 6.92. The van der Waals surface area contributed by atoms with Gasteiger partial charge in [0.05, 0.1) is 0 Å². The molecule has 26 heavy (non-hydrogen) atoms. The molecule has 3 aliphatic heterocycles.